The monoisotopic (exact) mass is 411 g/mol. The summed E-state index contributed by atoms with van der Waals surface area (Å²) in [6.45, 7) is 6.71. The summed E-state index contributed by atoms with van der Waals surface area (Å²) in [4.78, 5) is 18.1. The third-order valence-electron chi connectivity index (χ3n) is 5.30. The number of nitrogens with one attached hydrogen (secondary N) is 1. The van der Waals surface area contributed by atoms with E-state index < -0.39 is 0 Å². The Balaban J connectivity index is 1.51. The summed E-state index contributed by atoms with van der Waals surface area (Å²) in [6, 6.07) is 10.4. The first-order valence-electron chi connectivity index (χ1n) is 10.1. The molecule has 0 saturated heterocycles. The first-order valence-corrected chi connectivity index (χ1v) is 10.1. The van der Waals surface area contributed by atoms with Crippen molar-refractivity contribution in [1.29, 1.82) is 0 Å². The maximum absolute atomic E-state index is 4.78. The van der Waals surface area contributed by atoms with Gasteiger partial charge in [-0.15, -0.1) is 5.10 Å². The number of fused-ring (bicyclic) bond motifs is 1. The SMILES string of the molecule is CCc1nc2c(C)nc(C)nc2n1Cc1ccc(-c2ccncc2-c2nnn[nH]2)cc1. The standard InChI is InChI=1S/C22H21N9/c1-4-19-26-20-13(2)24-14(3)25-22(20)31(19)12-15-5-7-16(8-6-15)17-9-10-23-11-18(17)21-27-29-30-28-21/h5-11H,4,12H2,1-3H3,(H,27,28,29,30). The molecule has 0 bridgehead atoms. The number of imidazole rings is 1. The number of rotatable bonds is 5. The van der Waals surface area contributed by atoms with Crippen molar-refractivity contribution in [3.05, 3.63) is 65.6 Å². The smallest absolute Gasteiger partial charge is 0.181 e. The van der Waals surface area contributed by atoms with E-state index in [1.807, 2.05) is 19.9 Å². The molecular formula is C22H21N9. The fourth-order valence-electron chi connectivity index (χ4n) is 3.84. The van der Waals surface area contributed by atoms with E-state index in [2.05, 4.69) is 71.3 Å². The van der Waals surface area contributed by atoms with Crippen molar-refractivity contribution in [2.75, 3.05) is 0 Å². The third-order valence-corrected chi connectivity index (χ3v) is 5.30. The van der Waals surface area contributed by atoms with Gasteiger partial charge in [0.15, 0.2) is 11.5 Å². The summed E-state index contributed by atoms with van der Waals surface area (Å²) in [5, 5.41) is 14.2. The van der Waals surface area contributed by atoms with Gasteiger partial charge < -0.3 is 4.57 Å². The number of nitrogens with zero attached hydrogens (tertiary/aromatic N) is 8. The first-order chi connectivity index (χ1) is 15.1. The Kier molecular flexibility index (Phi) is 4.70. The van der Waals surface area contributed by atoms with E-state index in [0.717, 1.165) is 51.6 Å². The highest BCUT2D eigenvalue weighted by Gasteiger charge is 2.15. The zero-order valence-electron chi connectivity index (χ0n) is 17.5. The Morgan fingerprint density at radius 2 is 1.81 bits per heavy atom. The highest BCUT2D eigenvalue weighted by atomic mass is 15.5. The van der Waals surface area contributed by atoms with Gasteiger partial charge in [-0.3, -0.25) is 4.98 Å². The molecule has 31 heavy (non-hydrogen) atoms. The first kappa shape index (κ1) is 19.0. The largest absolute Gasteiger partial charge is 0.308 e. The summed E-state index contributed by atoms with van der Waals surface area (Å²) in [6.07, 6.45) is 4.37. The molecule has 4 aromatic heterocycles. The molecule has 4 heterocycles. The van der Waals surface area contributed by atoms with Crippen molar-refractivity contribution in [1.82, 2.24) is 45.1 Å². The highest BCUT2D eigenvalue weighted by molar-refractivity contribution is 5.79. The number of H-pyrrole nitrogens is 1. The van der Waals surface area contributed by atoms with Crippen molar-refractivity contribution < 1.29 is 0 Å². The second-order valence-corrected chi connectivity index (χ2v) is 7.36. The zero-order valence-corrected chi connectivity index (χ0v) is 17.5. The van der Waals surface area contributed by atoms with Gasteiger partial charge in [0.25, 0.3) is 0 Å². The van der Waals surface area contributed by atoms with Crippen molar-refractivity contribution in [3.8, 4) is 22.5 Å². The van der Waals surface area contributed by atoms with Gasteiger partial charge in [-0.25, -0.2) is 20.1 Å². The Labute approximate surface area is 178 Å². The molecular weight excluding hydrogens is 390 g/mol. The molecule has 154 valence electrons. The average molecular weight is 411 g/mol. The van der Waals surface area contributed by atoms with Gasteiger partial charge in [0.05, 0.1) is 12.2 Å². The Hall–Kier alpha value is -4.01. The fourth-order valence-corrected chi connectivity index (χ4v) is 3.84. The molecule has 0 fully saturated rings. The molecule has 5 rings (SSSR count). The van der Waals surface area contributed by atoms with Crippen LogP contribution in [0, 0.1) is 13.8 Å². The quantitative estimate of drug-likeness (QED) is 0.472. The number of aromatic amines is 1. The molecule has 5 aromatic rings. The number of hydrogen-bond donors (Lipinski definition) is 1. The Bertz CT molecular complexity index is 1350. The number of tetrazole rings is 1. The second-order valence-electron chi connectivity index (χ2n) is 7.36. The topological polar surface area (TPSA) is 111 Å². The zero-order chi connectivity index (χ0) is 21.4. The normalized spacial score (nSPS) is 11.3. The van der Waals surface area contributed by atoms with Crippen molar-refractivity contribution in [2.24, 2.45) is 0 Å². The van der Waals surface area contributed by atoms with Crippen LogP contribution in [0.2, 0.25) is 0 Å². The summed E-state index contributed by atoms with van der Waals surface area (Å²) in [5.74, 6) is 2.36. The van der Waals surface area contributed by atoms with E-state index in [9.17, 15) is 0 Å². The number of pyridine rings is 1. The molecule has 0 aliphatic carbocycles. The molecule has 0 unspecified atom stereocenters. The number of aromatic nitrogens is 9. The van der Waals surface area contributed by atoms with Gasteiger partial charge in [-0.1, -0.05) is 31.2 Å². The minimum Gasteiger partial charge on any atom is -0.308 e. The van der Waals surface area contributed by atoms with Crippen LogP contribution in [0.3, 0.4) is 0 Å². The lowest BCUT2D eigenvalue weighted by molar-refractivity contribution is 0.744. The molecule has 0 amide bonds. The number of aryl methyl sites for hydroxylation is 3. The van der Waals surface area contributed by atoms with Gasteiger partial charge in [-0.05, 0) is 47.0 Å². The van der Waals surface area contributed by atoms with E-state index in [1.165, 1.54) is 5.56 Å². The molecule has 0 aliphatic rings. The van der Waals surface area contributed by atoms with Crippen LogP contribution >= 0.6 is 0 Å². The lowest BCUT2D eigenvalue weighted by Crippen LogP contribution is -2.06. The third kappa shape index (κ3) is 3.43. The second kappa shape index (κ2) is 7.67. The maximum Gasteiger partial charge on any atom is 0.181 e. The van der Waals surface area contributed by atoms with Gasteiger partial charge in [0.1, 0.15) is 17.2 Å². The summed E-state index contributed by atoms with van der Waals surface area (Å²) < 4.78 is 2.18. The molecule has 1 aromatic carbocycles. The summed E-state index contributed by atoms with van der Waals surface area (Å²) >= 11 is 0. The van der Waals surface area contributed by atoms with Crippen molar-refractivity contribution in [3.63, 3.8) is 0 Å². The molecule has 0 atom stereocenters. The van der Waals surface area contributed by atoms with E-state index >= 15 is 0 Å². The Morgan fingerprint density at radius 1 is 0.968 bits per heavy atom. The van der Waals surface area contributed by atoms with Crippen LogP contribution in [0.5, 0.6) is 0 Å². The minimum atomic E-state index is 0.593. The van der Waals surface area contributed by atoms with Crippen LogP contribution in [-0.4, -0.2) is 45.1 Å². The predicted octanol–water partition coefficient (Wildman–Crippen LogP) is 3.30. The fraction of sp³-hybridized carbons (Fsp3) is 0.227. The summed E-state index contributed by atoms with van der Waals surface area (Å²) in [7, 11) is 0. The molecule has 0 radical (unpaired) electrons. The lowest BCUT2D eigenvalue weighted by Gasteiger charge is -2.10. The van der Waals surface area contributed by atoms with Gasteiger partial charge in [0.2, 0.25) is 0 Å². The van der Waals surface area contributed by atoms with Crippen LogP contribution in [0.4, 0.5) is 0 Å². The molecule has 0 saturated carbocycles. The summed E-state index contributed by atoms with van der Waals surface area (Å²) in [5.41, 5.74) is 6.79. The van der Waals surface area contributed by atoms with Gasteiger partial charge in [-0.2, -0.15) is 0 Å². The predicted molar refractivity (Wildman–Crippen MR) is 116 cm³/mol. The van der Waals surface area contributed by atoms with Crippen molar-refractivity contribution in [2.45, 2.75) is 33.7 Å². The van der Waals surface area contributed by atoms with Crippen molar-refractivity contribution >= 4 is 11.2 Å². The van der Waals surface area contributed by atoms with E-state index in [4.69, 9.17) is 4.98 Å². The van der Waals surface area contributed by atoms with Crippen LogP contribution in [0.15, 0.2) is 42.7 Å². The lowest BCUT2D eigenvalue weighted by atomic mass is 10.00. The van der Waals surface area contributed by atoms with Gasteiger partial charge >= 0.3 is 0 Å². The maximum atomic E-state index is 4.78. The van der Waals surface area contributed by atoms with E-state index in [0.29, 0.717) is 12.4 Å². The minimum absolute atomic E-state index is 0.593. The average Bonchev–Trinajstić information content (AvgIpc) is 3.43. The van der Waals surface area contributed by atoms with Crippen LogP contribution in [-0.2, 0) is 13.0 Å². The number of benzene rings is 1. The molecule has 9 heteroatoms. The van der Waals surface area contributed by atoms with Crippen LogP contribution in [0.1, 0.15) is 29.8 Å². The molecule has 0 spiro atoms. The highest BCUT2D eigenvalue weighted by Crippen LogP contribution is 2.29. The van der Waals surface area contributed by atoms with Gasteiger partial charge in [0, 0.05) is 24.4 Å². The molecule has 9 nitrogen and oxygen atoms in total. The Morgan fingerprint density at radius 3 is 2.55 bits per heavy atom. The number of hydrogen-bond acceptors (Lipinski definition) is 7. The van der Waals surface area contributed by atoms with E-state index in [1.54, 1.807) is 12.4 Å². The van der Waals surface area contributed by atoms with Crippen LogP contribution < -0.4 is 0 Å². The van der Waals surface area contributed by atoms with Crippen LogP contribution in [0.25, 0.3) is 33.7 Å². The molecule has 1 N–H and O–H groups in total. The van der Waals surface area contributed by atoms with E-state index in [-0.39, 0.29) is 0 Å². The molecule has 0 aliphatic heterocycles.